The molecule has 0 amide bonds. The van der Waals surface area contributed by atoms with Gasteiger partial charge in [-0.05, 0) is 48.0 Å². The van der Waals surface area contributed by atoms with Gasteiger partial charge in [0.15, 0.2) is 23.1 Å². The molecule has 3 heterocycles. The molecule has 0 radical (unpaired) electrons. The van der Waals surface area contributed by atoms with Crippen molar-refractivity contribution in [1.29, 1.82) is 0 Å². The van der Waals surface area contributed by atoms with E-state index in [1.165, 1.54) is 0 Å². The van der Waals surface area contributed by atoms with Crippen LogP contribution in [0.5, 0.6) is 23.0 Å². The SMILES string of the molecule is COc1cc(-c2cc(OC)c3nnc(-c4ccc5c(ccn5C)c4)n3c2)cc(OC)c1OC. The van der Waals surface area contributed by atoms with E-state index in [1.54, 1.807) is 28.4 Å². The van der Waals surface area contributed by atoms with Crippen molar-refractivity contribution in [1.82, 2.24) is 19.2 Å². The number of benzene rings is 2. The van der Waals surface area contributed by atoms with Gasteiger partial charge < -0.3 is 23.5 Å². The van der Waals surface area contributed by atoms with Crippen molar-refractivity contribution in [3.05, 3.63) is 54.9 Å². The van der Waals surface area contributed by atoms with E-state index in [9.17, 15) is 0 Å². The van der Waals surface area contributed by atoms with E-state index in [0.717, 1.165) is 33.4 Å². The van der Waals surface area contributed by atoms with Crippen LogP contribution >= 0.6 is 0 Å². The Hall–Kier alpha value is -4.20. The minimum Gasteiger partial charge on any atom is -0.493 e. The van der Waals surface area contributed by atoms with Crippen molar-refractivity contribution in [2.45, 2.75) is 0 Å². The van der Waals surface area contributed by atoms with Crippen molar-refractivity contribution in [2.24, 2.45) is 7.05 Å². The average molecular weight is 444 g/mol. The summed E-state index contributed by atoms with van der Waals surface area (Å²) in [6, 6.07) is 14.1. The molecule has 3 aromatic heterocycles. The molecule has 0 saturated heterocycles. The number of pyridine rings is 1. The Bertz CT molecular complexity index is 1460. The molecule has 8 nitrogen and oxygen atoms in total. The van der Waals surface area contributed by atoms with E-state index in [4.69, 9.17) is 18.9 Å². The van der Waals surface area contributed by atoms with E-state index < -0.39 is 0 Å². The van der Waals surface area contributed by atoms with Crippen molar-refractivity contribution in [3.8, 4) is 45.5 Å². The minimum absolute atomic E-state index is 0.540. The van der Waals surface area contributed by atoms with Gasteiger partial charge in [0.2, 0.25) is 11.4 Å². The molecule has 0 fully saturated rings. The summed E-state index contributed by atoms with van der Waals surface area (Å²) in [5, 5.41) is 10.0. The predicted octanol–water partition coefficient (Wildman–Crippen LogP) is 4.59. The van der Waals surface area contributed by atoms with Crippen molar-refractivity contribution >= 4 is 16.6 Å². The summed E-state index contributed by atoms with van der Waals surface area (Å²) < 4.78 is 26.2. The molecular weight excluding hydrogens is 420 g/mol. The van der Waals surface area contributed by atoms with Crippen LogP contribution in [0.15, 0.2) is 54.9 Å². The number of aromatic nitrogens is 4. The lowest BCUT2D eigenvalue weighted by atomic mass is 10.1. The molecule has 5 rings (SSSR count). The zero-order chi connectivity index (χ0) is 23.1. The number of hydrogen-bond acceptors (Lipinski definition) is 6. The fraction of sp³-hybridized carbons (Fsp3) is 0.200. The van der Waals surface area contributed by atoms with Gasteiger partial charge in [-0.25, -0.2) is 0 Å². The molecule has 0 N–H and O–H groups in total. The summed E-state index contributed by atoms with van der Waals surface area (Å²) in [4.78, 5) is 0. The minimum atomic E-state index is 0.540. The lowest BCUT2D eigenvalue weighted by Crippen LogP contribution is -1.98. The number of nitrogens with zero attached hydrogens (tertiary/aromatic N) is 4. The third-order valence-electron chi connectivity index (χ3n) is 5.83. The van der Waals surface area contributed by atoms with Gasteiger partial charge in [-0.1, -0.05) is 0 Å². The lowest BCUT2D eigenvalue weighted by Gasteiger charge is -2.15. The van der Waals surface area contributed by atoms with E-state index in [2.05, 4.69) is 39.0 Å². The summed E-state index contributed by atoms with van der Waals surface area (Å²) >= 11 is 0. The third-order valence-corrected chi connectivity index (χ3v) is 5.83. The summed E-state index contributed by atoms with van der Waals surface area (Å²) in [7, 11) is 8.44. The molecule has 0 unspecified atom stereocenters. The molecule has 0 spiro atoms. The van der Waals surface area contributed by atoms with Crippen LogP contribution in [-0.2, 0) is 7.05 Å². The molecule has 0 aliphatic heterocycles. The molecule has 33 heavy (non-hydrogen) atoms. The quantitative estimate of drug-likeness (QED) is 0.382. The maximum Gasteiger partial charge on any atom is 0.203 e. The van der Waals surface area contributed by atoms with Gasteiger partial charge in [0, 0.05) is 41.5 Å². The molecule has 168 valence electrons. The van der Waals surface area contributed by atoms with Crippen LogP contribution in [0.3, 0.4) is 0 Å². The van der Waals surface area contributed by atoms with Gasteiger partial charge in [0.1, 0.15) is 0 Å². The molecule has 0 saturated carbocycles. The molecule has 0 aliphatic carbocycles. The highest BCUT2D eigenvalue weighted by molar-refractivity contribution is 5.85. The second-order valence-corrected chi connectivity index (χ2v) is 7.63. The summed E-state index contributed by atoms with van der Waals surface area (Å²) in [5.74, 6) is 3.02. The fourth-order valence-electron chi connectivity index (χ4n) is 4.14. The maximum absolute atomic E-state index is 5.66. The fourth-order valence-corrected chi connectivity index (χ4v) is 4.14. The summed E-state index contributed by atoms with van der Waals surface area (Å²) in [6.07, 6.45) is 4.03. The first-order chi connectivity index (χ1) is 16.1. The lowest BCUT2D eigenvalue weighted by molar-refractivity contribution is 0.324. The number of fused-ring (bicyclic) bond motifs is 2. The Kier molecular flexibility index (Phi) is 5.05. The molecule has 2 aromatic carbocycles. The standard InChI is InChI=1S/C25H24N4O4/c1-28-9-8-15-10-16(6-7-19(15)28)24-26-27-25-22(32-4)13-18(14-29(24)25)17-11-20(30-2)23(33-5)21(12-17)31-3/h6-14H,1-5H3. The van der Waals surface area contributed by atoms with Crippen molar-refractivity contribution in [3.63, 3.8) is 0 Å². The number of hydrogen-bond donors (Lipinski definition) is 0. The van der Waals surface area contributed by atoms with Crippen LogP contribution in [-0.4, -0.2) is 47.6 Å². The first-order valence-electron chi connectivity index (χ1n) is 10.4. The zero-order valence-electron chi connectivity index (χ0n) is 19.1. The van der Waals surface area contributed by atoms with Crippen LogP contribution in [0.2, 0.25) is 0 Å². The van der Waals surface area contributed by atoms with Gasteiger partial charge in [-0.3, -0.25) is 4.40 Å². The molecular formula is C25H24N4O4. The molecule has 8 heteroatoms. The van der Waals surface area contributed by atoms with E-state index in [-0.39, 0.29) is 0 Å². The highest BCUT2D eigenvalue weighted by Gasteiger charge is 2.18. The largest absolute Gasteiger partial charge is 0.493 e. The van der Waals surface area contributed by atoms with Gasteiger partial charge >= 0.3 is 0 Å². The summed E-state index contributed by atoms with van der Waals surface area (Å²) in [6.45, 7) is 0. The van der Waals surface area contributed by atoms with Crippen molar-refractivity contribution < 1.29 is 18.9 Å². The Morgan fingerprint density at radius 3 is 2.06 bits per heavy atom. The van der Waals surface area contributed by atoms with Crippen LogP contribution in [0, 0.1) is 0 Å². The third kappa shape index (κ3) is 3.31. The Labute approximate surface area is 190 Å². The first kappa shape index (κ1) is 20.7. The highest BCUT2D eigenvalue weighted by Crippen LogP contribution is 2.42. The van der Waals surface area contributed by atoms with E-state index in [0.29, 0.717) is 28.6 Å². The van der Waals surface area contributed by atoms with Gasteiger partial charge in [0.25, 0.3) is 0 Å². The molecule has 0 atom stereocenters. The maximum atomic E-state index is 5.66. The van der Waals surface area contributed by atoms with Crippen LogP contribution in [0.25, 0.3) is 39.1 Å². The number of ether oxygens (including phenoxy) is 4. The number of methoxy groups -OCH3 is 4. The molecule has 0 bridgehead atoms. The van der Waals surface area contributed by atoms with E-state index in [1.807, 2.05) is 42.0 Å². The van der Waals surface area contributed by atoms with Crippen LogP contribution in [0.4, 0.5) is 0 Å². The predicted molar refractivity (Wildman–Crippen MR) is 127 cm³/mol. The van der Waals surface area contributed by atoms with Crippen molar-refractivity contribution in [2.75, 3.05) is 28.4 Å². The Morgan fingerprint density at radius 1 is 0.697 bits per heavy atom. The van der Waals surface area contributed by atoms with Gasteiger partial charge in [-0.2, -0.15) is 0 Å². The first-order valence-corrected chi connectivity index (χ1v) is 10.4. The number of aryl methyl sites for hydroxylation is 1. The average Bonchev–Trinajstić information content (AvgIpc) is 3.45. The Balaban J connectivity index is 1.72. The molecule has 0 aliphatic rings. The van der Waals surface area contributed by atoms with Gasteiger partial charge in [0.05, 0.1) is 28.4 Å². The number of rotatable bonds is 6. The topological polar surface area (TPSA) is 72.0 Å². The zero-order valence-corrected chi connectivity index (χ0v) is 19.1. The van der Waals surface area contributed by atoms with Gasteiger partial charge in [-0.15, -0.1) is 10.2 Å². The highest BCUT2D eigenvalue weighted by atomic mass is 16.5. The second-order valence-electron chi connectivity index (χ2n) is 7.63. The monoisotopic (exact) mass is 444 g/mol. The van der Waals surface area contributed by atoms with Crippen LogP contribution in [0.1, 0.15) is 0 Å². The second kappa shape index (κ2) is 8.05. The van der Waals surface area contributed by atoms with E-state index >= 15 is 0 Å². The summed E-state index contributed by atoms with van der Waals surface area (Å²) in [5.41, 5.74) is 4.52. The Morgan fingerprint density at radius 2 is 1.39 bits per heavy atom. The molecule has 5 aromatic rings. The smallest absolute Gasteiger partial charge is 0.203 e. The normalized spacial score (nSPS) is 11.2. The van der Waals surface area contributed by atoms with Crippen LogP contribution < -0.4 is 18.9 Å².